The number of hydrogen-bond acceptors (Lipinski definition) is 5. The van der Waals surface area contributed by atoms with Crippen LogP contribution in [0.4, 0.5) is 0 Å². The van der Waals surface area contributed by atoms with E-state index in [1.807, 2.05) is 0 Å². The van der Waals surface area contributed by atoms with Crippen molar-refractivity contribution < 1.29 is 30.1 Å². The van der Waals surface area contributed by atoms with Crippen molar-refractivity contribution in [2.24, 2.45) is 0 Å². The molecule has 1 aliphatic rings. The second-order valence-electron chi connectivity index (χ2n) is 9.82. The van der Waals surface area contributed by atoms with Gasteiger partial charge in [-0.25, -0.2) is 0 Å². The van der Waals surface area contributed by atoms with Crippen LogP contribution in [-0.4, -0.2) is 66.9 Å². The molecule has 31 heavy (non-hydrogen) atoms. The molecule has 1 aliphatic heterocycles. The fraction of sp³-hybridized carbons (Fsp3) is 0.368. The van der Waals surface area contributed by atoms with Crippen molar-refractivity contribution in [1.82, 2.24) is 0 Å². The van der Waals surface area contributed by atoms with Gasteiger partial charge in [-0.1, -0.05) is 0 Å². The van der Waals surface area contributed by atoms with E-state index in [0.717, 1.165) is 15.2 Å². The van der Waals surface area contributed by atoms with Gasteiger partial charge in [0.25, 0.3) is 0 Å². The Balaban J connectivity index is 2.56. The van der Waals surface area contributed by atoms with Crippen molar-refractivity contribution in [1.29, 1.82) is 0 Å². The Morgan fingerprint density at radius 3 is 1.90 bits per heavy atom. The van der Waals surface area contributed by atoms with Gasteiger partial charge in [0, 0.05) is 0 Å². The molecule has 0 fully saturated rings. The average Bonchev–Trinajstić information content (AvgIpc) is 2.57. The van der Waals surface area contributed by atoms with Crippen molar-refractivity contribution in [2.75, 3.05) is 0 Å². The molecule has 2 N–H and O–H groups in total. The van der Waals surface area contributed by atoms with Crippen molar-refractivity contribution in [2.45, 2.75) is 53.2 Å². The van der Waals surface area contributed by atoms with Gasteiger partial charge < -0.3 is 0 Å². The molecule has 12 heteroatoms. The Morgan fingerprint density at radius 2 is 1.45 bits per heavy atom. The Hall–Kier alpha value is 0.00740. The molecule has 0 spiro atoms. The molecule has 7 nitrogen and oxygen atoms in total. The second kappa shape index (κ2) is 8.05. The molecule has 2 aromatic carbocycles. The van der Waals surface area contributed by atoms with Crippen LogP contribution < -0.4 is 3.58 Å². The maximum absolute atomic E-state index is 13.7. The van der Waals surface area contributed by atoms with Gasteiger partial charge in [0.1, 0.15) is 0 Å². The van der Waals surface area contributed by atoms with E-state index in [9.17, 15) is 30.1 Å². The fourth-order valence-electron chi connectivity index (χ4n) is 4.15. The fourth-order valence-corrected chi connectivity index (χ4v) is 20.9. The van der Waals surface area contributed by atoms with Crippen molar-refractivity contribution in [3.63, 3.8) is 0 Å². The normalized spacial score (nSPS) is 19.6. The van der Waals surface area contributed by atoms with E-state index in [0.29, 0.717) is 5.56 Å². The van der Waals surface area contributed by atoms with Crippen LogP contribution in [0.15, 0.2) is 49.9 Å². The second-order valence-corrected chi connectivity index (χ2v) is 43.6. The van der Waals surface area contributed by atoms with Gasteiger partial charge >= 0.3 is 196 Å². The zero-order valence-corrected chi connectivity index (χ0v) is 26.3. The van der Waals surface area contributed by atoms with Crippen molar-refractivity contribution in [3.05, 3.63) is 41.5 Å². The molecule has 3 rings (SSSR count). The summed E-state index contributed by atoms with van der Waals surface area (Å²) in [5, 5.41) is 0. The van der Waals surface area contributed by atoms with E-state index in [1.165, 1.54) is 12.1 Å². The van der Waals surface area contributed by atoms with E-state index >= 15 is 0 Å². The molecule has 2 unspecified atom stereocenters. The van der Waals surface area contributed by atoms with Gasteiger partial charge in [0.2, 0.25) is 0 Å². The Labute approximate surface area is 194 Å². The summed E-state index contributed by atoms with van der Waals surface area (Å²) in [5.41, 5.74) is 1.46. The molecule has 0 bridgehead atoms. The predicted molar refractivity (Wildman–Crippen MR) is 125 cm³/mol. The van der Waals surface area contributed by atoms with Crippen molar-refractivity contribution in [3.8, 4) is 0 Å². The first kappa shape index (κ1) is 25.6. The first-order valence-electron chi connectivity index (χ1n) is 9.53. The van der Waals surface area contributed by atoms with Gasteiger partial charge in [-0.3, -0.25) is 0 Å². The van der Waals surface area contributed by atoms with Crippen LogP contribution in [0.25, 0.3) is 0 Å². The summed E-state index contributed by atoms with van der Waals surface area (Å²) in [4.78, 5) is 12.5. The van der Waals surface area contributed by atoms with Gasteiger partial charge in [0.05, 0.1) is 0 Å². The zero-order chi connectivity index (χ0) is 23.7. The first-order valence-corrected chi connectivity index (χ1v) is 33.8. The molecule has 0 saturated carbocycles. The summed E-state index contributed by atoms with van der Waals surface area (Å²) >= 11 is -5.85. The maximum atomic E-state index is 13.7. The standard InChI is InChI=1S/C13H8O7S3.6CH3.2Sn/c14-21-11-7-10(22(15,16)17)5-4-8(11)6-9-2-1-3-12(13(9)21)23(18,19)20;;;;;;;;/h1,3-7H,(H,15,16,17)(H,18,19,20);6*1H3;;. The van der Waals surface area contributed by atoms with E-state index in [-0.39, 0.29) is 13.7 Å². The summed E-state index contributed by atoms with van der Waals surface area (Å²) in [6.45, 7) is 0. The van der Waals surface area contributed by atoms with Crippen LogP contribution >= 0.6 is 0 Å². The SMILES string of the molecule is [CH3][Sn]([CH3])([CH3])[c]1ccc(S(=O)(=O)O)c2c1[CH]([Sn]([CH3])([CH3])[CH3])c1ccc(S(=O)(=O)O)cc1S2=O. The van der Waals surface area contributed by atoms with E-state index in [1.54, 1.807) is 12.1 Å². The molecular formula is C19H26O7S3Sn2. The average molecular weight is 700 g/mol. The van der Waals surface area contributed by atoms with E-state index in [2.05, 4.69) is 29.6 Å². The molecule has 0 amide bonds. The molecule has 0 radical (unpaired) electrons. The molecule has 0 saturated heterocycles. The Bertz CT molecular complexity index is 1320. The summed E-state index contributed by atoms with van der Waals surface area (Å²) < 4.78 is 81.8. The van der Waals surface area contributed by atoms with E-state index < -0.39 is 77.6 Å². The third kappa shape index (κ3) is 4.80. The molecule has 0 aromatic heterocycles. The van der Waals surface area contributed by atoms with Crippen LogP contribution in [-0.2, 0) is 31.0 Å². The van der Waals surface area contributed by atoms with Crippen LogP contribution in [0.3, 0.4) is 0 Å². The van der Waals surface area contributed by atoms with Gasteiger partial charge in [-0.2, -0.15) is 0 Å². The molecule has 170 valence electrons. The van der Waals surface area contributed by atoms with Crippen LogP contribution in [0.5, 0.6) is 0 Å². The van der Waals surface area contributed by atoms with Crippen LogP contribution in [0, 0.1) is 0 Å². The minimum absolute atomic E-state index is 0.0586. The Kier molecular flexibility index (Phi) is 6.65. The molecule has 0 aliphatic carbocycles. The number of hydrogen-bond donors (Lipinski definition) is 2. The quantitative estimate of drug-likeness (QED) is 0.371. The van der Waals surface area contributed by atoms with Crippen molar-refractivity contribution >= 4 is 71.4 Å². The monoisotopic (exact) mass is 702 g/mol. The molecule has 1 heterocycles. The number of rotatable bonds is 4. The Morgan fingerprint density at radius 1 is 0.871 bits per heavy atom. The van der Waals surface area contributed by atoms with Crippen LogP contribution in [0.2, 0.25) is 29.6 Å². The number of fused-ring (bicyclic) bond motifs is 2. The molecule has 2 aromatic rings. The van der Waals surface area contributed by atoms with Gasteiger partial charge in [-0.15, -0.1) is 0 Å². The van der Waals surface area contributed by atoms with Crippen LogP contribution in [0.1, 0.15) is 15.1 Å². The summed E-state index contributed by atoms with van der Waals surface area (Å²) in [6, 6.07) is 7.13. The molecular weight excluding hydrogens is 674 g/mol. The molecule has 2 atom stereocenters. The zero-order valence-electron chi connectivity index (χ0n) is 18.1. The third-order valence-corrected chi connectivity index (χ3v) is 21.3. The van der Waals surface area contributed by atoms with Gasteiger partial charge in [0.15, 0.2) is 0 Å². The minimum atomic E-state index is -4.66. The number of benzene rings is 2. The first-order chi connectivity index (χ1) is 13.8. The van der Waals surface area contributed by atoms with Gasteiger partial charge in [-0.05, 0) is 0 Å². The predicted octanol–water partition coefficient (Wildman–Crippen LogP) is 3.21. The summed E-state index contributed by atoms with van der Waals surface area (Å²) in [7, 11) is -11.2. The van der Waals surface area contributed by atoms with E-state index in [4.69, 9.17) is 0 Å². The topological polar surface area (TPSA) is 126 Å². The summed E-state index contributed by atoms with van der Waals surface area (Å²) in [5.74, 6) is 0. The summed E-state index contributed by atoms with van der Waals surface area (Å²) in [6.07, 6.45) is 0. The third-order valence-electron chi connectivity index (χ3n) is 5.38.